The van der Waals surface area contributed by atoms with E-state index in [4.69, 9.17) is 5.73 Å². The quantitative estimate of drug-likeness (QED) is 0.896. The number of aromatic nitrogens is 1. The van der Waals surface area contributed by atoms with Gasteiger partial charge < -0.3 is 11.1 Å². The minimum absolute atomic E-state index is 0.0605. The molecule has 0 saturated heterocycles. The molecule has 0 atom stereocenters. The van der Waals surface area contributed by atoms with Gasteiger partial charge in [-0.1, -0.05) is 37.5 Å². The van der Waals surface area contributed by atoms with Gasteiger partial charge in [-0.15, -0.1) is 0 Å². The Bertz CT molecular complexity index is 635. The number of hydrogen-bond donors (Lipinski definition) is 2. The van der Waals surface area contributed by atoms with Crippen molar-refractivity contribution < 1.29 is 4.79 Å². The molecule has 2 aromatic rings. The number of benzene rings is 1. The summed E-state index contributed by atoms with van der Waals surface area (Å²) in [7, 11) is 0. The number of nitrogens with zero attached hydrogens (tertiary/aromatic N) is 1. The molecule has 0 aliphatic heterocycles. The van der Waals surface area contributed by atoms with Gasteiger partial charge in [0.25, 0.3) is 5.91 Å². The predicted molar refractivity (Wildman–Crippen MR) is 80.4 cm³/mol. The SMILES string of the molecule is Nc1cc(C(=O)NCCC2CCC2)c2ccccc2n1. The molecule has 3 N–H and O–H groups in total. The maximum absolute atomic E-state index is 12.3. The van der Waals surface area contributed by atoms with Gasteiger partial charge in [-0.25, -0.2) is 4.98 Å². The minimum Gasteiger partial charge on any atom is -0.384 e. The van der Waals surface area contributed by atoms with Crippen LogP contribution in [0.15, 0.2) is 30.3 Å². The number of nitrogens with one attached hydrogen (secondary N) is 1. The van der Waals surface area contributed by atoms with Gasteiger partial charge in [0.15, 0.2) is 0 Å². The highest BCUT2D eigenvalue weighted by atomic mass is 16.1. The smallest absolute Gasteiger partial charge is 0.252 e. The number of hydrogen-bond acceptors (Lipinski definition) is 3. The summed E-state index contributed by atoms with van der Waals surface area (Å²) in [6, 6.07) is 9.23. The summed E-state index contributed by atoms with van der Waals surface area (Å²) in [6.07, 6.45) is 5.02. The molecule has 0 radical (unpaired) electrons. The Balaban J connectivity index is 1.76. The van der Waals surface area contributed by atoms with E-state index in [0.29, 0.717) is 11.4 Å². The van der Waals surface area contributed by atoms with Crippen molar-refractivity contribution in [3.63, 3.8) is 0 Å². The summed E-state index contributed by atoms with van der Waals surface area (Å²) in [5.41, 5.74) is 7.15. The first-order valence-electron chi connectivity index (χ1n) is 7.17. The number of para-hydroxylation sites is 1. The molecule has 20 heavy (non-hydrogen) atoms. The Morgan fingerprint density at radius 3 is 2.90 bits per heavy atom. The third-order valence-corrected chi connectivity index (χ3v) is 4.04. The van der Waals surface area contributed by atoms with Gasteiger partial charge in [-0.2, -0.15) is 0 Å². The maximum atomic E-state index is 12.3. The number of carbonyl (C=O) groups is 1. The number of rotatable bonds is 4. The van der Waals surface area contributed by atoms with Crippen molar-refractivity contribution in [2.45, 2.75) is 25.7 Å². The summed E-state index contributed by atoms with van der Waals surface area (Å²) in [5.74, 6) is 1.12. The first kappa shape index (κ1) is 12.9. The fourth-order valence-corrected chi connectivity index (χ4v) is 2.65. The summed E-state index contributed by atoms with van der Waals surface area (Å²) < 4.78 is 0. The molecule has 0 bridgehead atoms. The van der Waals surface area contributed by atoms with Crippen molar-refractivity contribution >= 4 is 22.6 Å². The minimum atomic E-state index is -0.0605. The Hall–Kier alpha value is -2.10. The number of fused-ring (bicyclic) bond motifs is 1. The lowest BCUT2D eigenvalue weighted by Crippen LogP contribution is -2.27. The van der Waals surface area contributed by atoms with Crippen LogP contribution in [-0.4, -0.2) is 17.4 Å². The number of amides is 1. The van der Waals surface area contributed by atoms with E-state index in [1.54, 1.807) is 6.07 Å². The highest BCUT2D eigenvalue weighted by molar-refractivity contribution is 6.06. The largest absolute Gasteiger partial charge is 0.384 e. The molecule has 1 aromatic carbocycles. The van der Waals surface area contributed by atoms with E-state index in [-0.39, 0.29) is 5.91 Å². The van der Waals surface area contributed by atoms with E-state index >= 15 is 0 Å². The summed E-state index contributed by atoms with van der Waals surface area (Å²) in [6.45, 7) is 0.736. The average molecular weight is 269 g/mol. The van der Waals surface area contributed by atoms with Crippen molar-refractivity contribution in [3.8, 4) is 0 Å². The van der Waals surface area contributed by atoms with E-state index in [0.717, 1.165) is 29.8 Å². The fraction of sp³-hybridized carbons (Fsp3) is 0.375. The van der Waals surface area contributed by atoms with E-state index < -0.39 is 0 Å². The van der Waals surface area contributed by atoms with Gasteiger partial charge in [-0.05, 0) is 24.5 Å². The maximum Gasteiger partial charge on any atom is 0.252 e. The van der Waals surface area contributed by atoms with Crippen molar-refractivity contribution in [1.82, 2.24) is 10.3 Å². The van der Waals surface area contributed by atoms with E-state index in [2.05, 4.69) is 10.3 Å². The Morgan fingerprint density at radius 2 is 2.15 bits per heavy atom. The summed E-state index contributed by atoms with van der Waals surface area (Å²) >= 11 is 0. The number of carbonyl (C=O) groups excluding carboxylic acids is 1. The zero-order valence-electron chi connectivity index (χ0n) is 11.4. The Labute approximate surface area is 118 Å². The highest BCUT2D eigenvalue weighted by Gasteiger charge is 2.17. The Morgan fingerprint density at radius 1 is 1.35 bits per heavy atom. The van der Waals surface area contributed by atoms with E-state index in [1.807, 2.05) is 24.3 Å². The fourth-order valence-electron chi connectivity index (χ4n) is 2.65. The van der Waals surface area contributed by atoms with Crippen LogP contribution in [0.2, 0.25) is 0 Å². The molecular formula is C16H19N3O. The monoisotopic (exact) mass is 269 g/mol. The van der Waals surface area contributed by atoms with Crippen LogP contribution in [-0.2, 0) is 0 Å². The second-order valence-electron chi connectivity index (χ2n) is 5.45. The molecule has 1 aromatic heterocycles. The van der Waals surface area contributed by atoms with Gasteiger partial charge in [0.05, 0.1) is 11.1 Å². The summed E-state index contributed by atoms with van der Waals surface area (Å²) in [4.78, 5) is 16.6. The van der Waals surface area contributed by atoms with E-state index in [9.17, 15) is 4.79 Å². The van der Waals surface area contributed by atoms with Gasteiger partial charge in [0.2, 0.25) is 0 Å². The van der Waals surface area contributed by atoms with Gasteiger partial charge in [0, 0.05) is 11.9 Å². The third-order valence-electron chi connectivity index (χ3n) is 4.04. The van der Waals surface area contributed by atoms with Crippen LogP contribution in [0.5, 0.6) is 0 Å². The summed E-state index contributed by atoms with van der Waals surface area (Å²) in [5, 5.41) is 3.85. The molecule has 1 aliphatic rings. The van der Waals surface area contributed by atoms with Crippen molar-refractivity contribution in [1.29, 1.82) is 0 Å². The van der Waals surface area contributed by atoms with Crippen LogP contribution in [0.25, 0.3) is 10.9 Å². The van der Waals surface area contributed by atoms with E-state index in [1.165, 1.54) is 19.3 Å². The average Bonchev–Trinajstić information content (AvgIpc) is 2.40. The number of nitrogens with two attached hydrogens (primary N) is 1. The zero-order chi connectivity index (χ0) is 13.9. The second-order valence-corrected chi connectivity index (χ2v) is 5.45. The number of anilines is 1. The molecule has 4 nitrogen and oxygen atoms in total. The normalized spacial score (nSPS) is 15.0. The van der Waals surface area contributed by atoms with Crippen LogP contribution in [0.1, 0.15) is 36.0 Å². The molecule has 104 valence electrons. The predicted octanol–water partition coefficient (Wildman–Crippen LogP) is 2.74. The molecule has 0 spiro atoms. The van der Waals surface area contributed by atoms with Crippen LogP contribution in [0, 0.1) is 5.92 Å². The molecule has 0 unspecified atom stereocenters. The van der Waals surface area contributed by atoms with Gasteiger partial charge >= 0.3 is 0 Å². The van der Waals surface area contributed by atoms with Crippen LogP contribution < -0.4 is 11.1 Å². The van der Waals surface area contributed by atoms with Gasteiger partial charge in [0.1, 0.15) is 5.82 Å². The number of nitrogen functional groups attached to an aromatic ring is 1. The lowest BCUT2D eigenvalue weighted by atomic mass is 9.83. The van der Waals surface area contributed by atoms with Gasteiger partial charge in [-0.3, -0.25) is 4.79 Å². The standard InChI is InChI=1S/C16H19N3O/c17-15-10-13(12-6-1-2-7-14(12)19-15)16(20)18-9-8-11-4-3-5-11/h1-2,6-7,10-11H,3-5,8-9H2,(H2,17,19)(H,18,20). The molecule has 1 fully saturated rings. The topological polar surface area (TPSA) is 68.0 Å². The molecular weight excluding hydrogens is 250 g/mol. The second kappa shape index (κ2) is 5.49. The van der Waals surface area contributed by atoms with Crippen LogP contribution in [0.3, 0.4) is 0 Å². The first-order valence-corrected chi connectivity index (χ1v) is 7.17. The molecule has 1 saturated carbocycles. The van der Waals surface area contributed by atoms with Crippen molar-refractivity contribution in [3.05, 3.63) is 35.9 Å². The molecule has 4 heteroatoms. The lowest BCUT2D eigenvalue weighted by Gasteiger charge is -2.25. The molecule has 1 heterocycles. The highest BCUT2D eigenvalue weighted by Crippen LogP contribution is 2.28. The van der Waals surface area contributed by atoms with Crippen molar-refractivity contribution in [2.75, 3.05) is 12.3 Å². The van der Waals surface area contributed by atoms with Crippen LogP contribution >= 0.6 is 0 Å². The van der Waals surface area contributed by atoms with Crippen LogP contribution in [0.4, 0.5) is 5.82 Å². The first-order chi connectivity index (χ1) is 9.74. The van der Waals surface area contributed by atoms with Crippen molar-refractivity contribution in [2.24, 2.45) is 5.92 Å². The lowest BCUT2D eigenvalue weighted by molar-refractivity contribution is 0.0950. The molecule has 3 rings (SSSR count). The number of pyridine rings is 1. The Kier molecular flexibility index (Phi) is 3.54. The molecule has 1 aliphatic carbocycles. The third kappa shape index (κ3) is 2.59. The molecule has 1 amide bonds. The zero-order valence-corrected chi connectivity index (χ0v) is 11.4.